The molecule has 0 amide bonds. The Morgan fingerprint density at radius 2 is 2.12 bits per heavy atom. The lowest BCUT2D eigenvalue weighted by Gasteiger charge is -2.14. The lowest BCUT2D eigenvalue weighted by molar-refractivity contribution is -0.121. The molecule has 0 saturated heterocycles. The number of ketones is 1. The molecule has 0 fully saturated rings. The van der Waals surface area contributed by atoms with Gasteiger partial charge in [0.05, 0.1) is 12.2 Å². The smallest absolute Gasteiger partial charge is 0.154 e. The second-order valence-corrected chi connectivity index (χ2v) is 4.28. The number of hydrogen-bond acceptors (Lipinski definition) is 3. The Morgan fingerprint density at radius 3 is 2.56 bits per heavy atom. The van der Waals surface area contributed by atoms with E-state index in [-0.39, 0.29) is 5.78 Å². The van der Waals surface area contributed by atoms with Gasteiger partial charge in [-0.3, -0.25) is 9.48 Å². The van der Waals surface area contributed by atoms with E-state index in [4.69, 9.17) is 5.73 Å². The summed E-state index contributed by atoms with van der Waals surface area (Å²) in [6, 6.07) is -0.519. The molecule has 0 aromatic carbocycles. The standard InChI is InChI=1S/C12H21N3O/c1-4-9(5-2)6-11(16)12(13)10-7-14-15(3)8-10/h7-9,12H,4-6,13H2,1-3H3. The third-order valence-electron chi connectivity index (χ3n) is 3.08. The summed E-state index contributed by atoms with van der Waals surface area (Å²) >= 11 is 0. The molecular formula is C12H21N3O. The largest absolute Gasteiger partial charge is 0.318 e. The average Bonchev–Trinajstić information content (AvgIpc) is 2.71. The van der Waals surface area contributed by atoms with E-state index in [1.54, 1.807) is 17.1 Å². The molecule has 0 bridgehead atoms. The van der Waals surface area contributed by atoms with Gasteiger partial charge in [0.25, 0.3) is 0 Å². The summed E-state index contributed by atoms with van der Waals surface area (Å²) in [5, 5.41) is 4.02. The van der Waals surface area contributed by atoms with Crippen LogP contribution in [0.5, 0.6) is 0 Å². The quantitative estimate of drug-likeness (QED) is 0.800. The maximum atomic E-state index is 11.9. The maximum absolute atomic E-state index is 11.9. The number of carbonyl (C=O) groups is 1. The number of rotatable bonds is 6. The van der Waals surface area contributed by atoms with Crippen molar-refractivity contribution in [1.82, 2.24) is 9.78 Å². The van der Waals surface area contributed by atoms with Gasteiger partial charge in [-0.2, -0.15) is 5.10 Å². The molecule has 0 aliphatic heterocycles. The second kappa shape index (κ2) is 5.80. The molecular weight excluding hydrogens is 202 g/mol. The highest BCUT2D eigenvalue weighted by molar-refractivity contribution is 5.85. The van der Waals surface area contributed by atoms with Crippen molar-refractivity contribution in [2.24, 2.45) is 18.7 Å². The Morgan fingerprint density at radius 1 is 1.50 bits per heavy atom. The van der Waals surface area contributed by atoms with Gasteiger partial charge in [0.15, 0.2) is 5.78 Å². The molecule has 0 aliphatic rings. The normalized spacial score (nSPS) is 13.1. The van der Waals surface area contributed by atoms with Gasteiger partial charge < -0.3 is 5.73 Å². The van der Waals surface area contributed by atoms with Crippen LogP contribution in [0.2, 0.25) is 0 Å². The third-order valence-corrected chi connectivity index (χ3v) is 3.08. The molecule has 1 aromatic rings. The van der Waals surface area contributed by atoms with Crippen molar-refractivity contribution in [1.29, 1.82) is 0 Å². The molecule has 1 atom stereocenters. The third kappa shape index (κ3) is 3.17. The van der Waals surface area contributed by atoms with Gasteiger partial charge in [-0.15, -0.1) is 0 Å². The molecule has 1 rings (SSSR count). The SMILES string of the molecule is CCC(CC)CC(=O)C(N)c1cnn(C)c1. The van der Waals surface area contributed by atoms with Crippen molar-refractivity contribution in [3.8, 4) is 0 Å². The molecule has 4 nitrogen and oxygen atoms in total. The highest BCUT2D eigenvalue weighted by atomic mass is 16.1. The number of nitrogens with two attached hydrogens (primary N) is 1. The Kier molecular flexibility index (Phi) is 4.68. The first kappa shape index (κ1) is 12.9. The number of aromatic nitrogens is 2. The van der Waals surface area contributed by atoms with Gasteiger partial charge >= 0.3 is 0 Å². The van der Waals surface area contributed by atoms with Crippen molar-refractivity contribution in [2.45, 2.75) is 39.2 Å². The predicted molar refractivity (Wildman–Crippen MR) is 63.8 cm³/mol. The summed E-state index contributed by atoms with van der Waals surface area (Å²) in [6.07, 6.45) is 6.10. The van der Waals surface area contributed by atoms with Crippen molar-refractivity contribution < 1.29 is 4.79 Å². The van der Waals surface area contributed by atoms with Crippen LogP contribution in [0.3, 0.4) is 0 Å². The fourth-order valence-corrected chi connectivity index (χ4v) is 1.78. The number of hydrogen-bond donors (Lipinski definition) is 1. The molecule has 1 aromatic heterocycles. The fraction of sp³-hybridized carbons (Fsp3) is 0.667. The first-order valence-corrected chi connectivity index (χ1v) is 5.85. The lowest BCUT2D eigenvalue weighted by Crippen LogP contribution is -2.23. The summed E-state index contributed by atoms with van der Waals surface area (Å²) in [6.45, 7) is 4.22. The Labute approximate surface area is 96.8 Å². The van der Waals surface area contributed by atoms with E-state index in [0.717, 1.165) is 18.4 Å². The van der Waals surface area contributed by atoms with Crippen LogP contribution in [-0.4, -0.2) is 15.6 Å². The van der Waals surface area contributed by atoms with Crippen LogP contribution in [-0.2, 0) is 11.8 Å². The average molecular weight is 223 g/mol. The minimum Gasteiger partial charge on any atom is -0.318 e. The van der Waals surface area contributed by atoms with Gasteiger partial charge in [-0.1, -0.05) is 26.7 Å². The molecule has 2 N–H and O–H groups in total. The molecule has 0 spiro atoms. The van der Waals surface area contributed by atoms with Gasteiger partial charge in [0, 0.05) is 25.2 Å². The van der Waals surface area contributed by atoms with Crippen LogP contribution >= 0.6 is 0 Å². The van der Waals surface area contributed by atoms with E-state index in [9.17, 15) is 4.79 Å². The van der Waals surface area contributed by atoms with E-state index in [1.165, 1.54) is 0 Å². The molecule has 0 aliphatic carbocycles. The zero-order valence-corrected chi connectivity index (χ0v) is 10.3. The predicted octanol–water partition coefficient (Wildman–Crippen LogP) is 1.82. The molecule has 1 heterocycles. The fourth-order valence-electron chi connectivity index (χ4n) is 1.78. The van der Waals surface area contributed by atoms with Gasteiger partial charge in [-0.25, -0.2) is 0 Å². The minimum absolute atomic E-state index is 0.113. The van der Waals surface area contributed by atoms with Crippen molar-refractivity contribution in [3.05, 3.63) is 18.0 Å². The summed E-state index contributed by atoms with van der Waals surface area (Å²) in [7, 11) is 1.82. The van der Waals surface area contributed by atoms with E-state index < -0.39 is 6.04 Å². The van der Waals surface area contributed by atoms with Crippen molar-refractivity contribution >= 4 is 5.78 Å². The minimum atomic E-state index is -0.519. The van der Waals surface area contributed by atoms with E-state index in [0.29, 0.717) is 12.3 Å². The van der Waals surface area contributed by atoms with Crippen LogP contribution in [0, 0.1) is 5.92 Å². The first-order chi connectivity index (χ1) is 7.58. The first-order valence-electron chi connectivity index (χ1n) is 5.85. The Hall–Kier alpha value is -1.16. The van der Waals surface area contributed by atoms with Crippen LogP contribution in [0.4, 0.5) is 0 Å². The molecule has 4 heteroatoms. The lowest BCUT2D eigenvalue weighted by atomic mass is 9.93. The zero-order chi connectivity index (χ0) is 12.1. The van der Waals surface area contributed by atoms with Gasteiger partial charge in [0.2, 0.25) is 0 Å². The summed E-state index contributed by atoms with van der Waals surface area (Å²) in [5.41, 5.74) is 6.71. The summed E-state index contributed by atoms with van der Waals surface area (Å²) in [5.74, 6) is 0.567. The highest BCUT2D eigenvalue weighted by Gasteiger charge is 2.19. The topological polar surface area (TPSA) is 60.9 Å². The number of Topliss-reactive ketones (excluding diaryl/α,β-unsaturated/α-hetero) is 1. The van der Waals surface area contributed by atoms with Gasteiger partial charge in [0.1, 0.15) is 0 Å². The monoisotopic (exact) mass is 223 g/mol. The number of aryl methyl sites for hydroxylation is 1. The number of carbonyl (C=O) groups excluding carboxylic acids is 1. The zero-order valence-electron chi connectivity index (χ0n) is 10.3. The Bertz CT molecular complexity index is 342. The second-order valence-electron chi connectivity index (χ2n) is 4.28. The molecule has 0 saturated carbocycles. The van der Waals surface area contributed by atoms with Crippen LogP contribution in [0.1, 0.15) is 44.7 Å². The molecule has 16 heavy (non-hydrogen) atoms. The van der Waals surface area contributed by atoms with Crippen molar-refractivity contribution in [2.75, 3.05) is 0 Å². The molecule has 1 unspecified atom stereocenters. The molecule has 0 radical (unpaired) electrons. The Balaban J connectivity index is 2.60. The summed E-state index contributed by atoms with van der Waals surface area (Å²) in [4.78, 5) is 11.9. The molecule has 90 valence electrons. The van der Waals surface area contributed by atoms with Crippen LogP contribution in [0.25, 0.3) is 0 Å². The van der Waals surface area contributed by atoms with Crippen LogP contribution < -0.4 is 5.73 Å². The number of nitrogens with zero attached hydrogens (tertiary/aromatic N) is 2. The maximum Gasteiger partial charge on any atom is 0.154 e. The van der Waals surface area contributed by atoms with E-state index >= 15 is 0 Å². The van der Waals surface area contributed by atoms with Crippen molar-refractivity contribution in [3.63, 3.8) is 0 Å². The summed E-state index contributed by atoms with van der Waals surface area (Å²) < 4.78 is 1.67. The van der Waals surface area contributed by atoms with Gasteiger partial charge in [-0.05, 0) is 5.92 Å². The van der Waals surface area contributed by atoms with Crippen LogP contribution in [0.15, 0.2) is 12.4 Å². The van der Waals surface area contributed by atoms with E-state index in [2.05, 4.69) is 18.9 Å². The van der Waals surface area contributed by atoms with E-state index in [1.807, 2.05) is 7.05 Å². The highest BCUT2D eigenvalue weighted by Crippen LogP contribution is 2.18.